The van der Waals surface area contributed by atoms with Crippen molar-refractivity contribution in [2.75, 3.05) is 5.32 Å². The van der Waals surface area contributed by atoms with Gasteiger partial charge in [-0.2, -0.15) is 4.37 Å². The Hall–Kier alpha value is -1.33. The van der Waals surface area contributed by atoms with Crippen LogP contribution in [0.25, 0.3) is 0 Å². The summed E-state index contributed by atoms with van der Waals surface area (Å²) in [6.07, 6.45) is 0. The average molecular weight is 256 g/mol. The fourth-order valence-electron chi connectivity index (χ4n) is 1.26. The number of halogens is 1. The van der Waals surface area contributed by atoms with Gasteiger partial charge in [-0.1, -0.05) is 17.7 Å². The van der Waals surface area contributed by atoms with E-state index in [1.165, 1.54) is 11.5 Å². The summed E-state index contributed by atoms with van der Waals surface area (Å²) in [5.74, 6) is 0.914. The van der Waals surface area contributed by atoms with Gasteiger partial charge < -0.3 is 10.4 Å². The number of aromatic hydroxyl groups is 1. The van der Waals surface area contributed by atoms with Crippen LogP contribution in [-0.2, 0) is 6.54 Å². The summed E-state index contributed by atoms with van der Waals surface area (Å²) in [6.45, 7) is 2.26. The first-order valence-electron chi connectivity index (χ1n) is 4.67. The molecule has 0 bridgehead atoms. The van der Waals surface area contributed by atoms with E-state index in [1.807, 2.05) is 6.92 Å². The smallest absolute Gasteiger partial charge is 0.202 e. The second-order valence-electron chi connectivity index (χ2n) is 3.24. The molecule has 6 heteroatoms. The maximum atomic E-state index is 9.62. The fraction of sp³-hybridized carbons (Fsp3) is 0.200. The van der Waals surface area contributed by atoms with E-state index < -0.39 is 0 Å². The molecule has 1 heterocycles. The second-order valence-corrected chi connectivity index (χ2v) is 4.40. The van der Waals surface area contributed by atoms with Crippen LogP contribution in [0.3, 0.4) is 0 Å². The maximum Gasteiger partial charge on any atom is 0.202 e. The third kappa shape index (κ3) is 2.43. The van der Waals surface area contributed by atoms with Gasteiger partial charge in [0.15, 0.2) is 0 Å². The van der Waals surface area contributed by atoms with Crippen LogP contribution >= 0.6 is 23.1 Å². The summed E-state index contributed by atoms with van der Waals surface area (Å²) in [7, 11) is 0. The summed E-state index contributed by atoms with van der Waals surface area (Å²) >= 11 is 7.25. The van der Waals surface area contributed by atoms with E-state index >= 15 is 0 Å². The molecule has 0 radical (unpaired) electrons. The number of anilines is 1. The van der Waals surface area contributed by atoms with Crippen molar-refractivity contribution in [2.45, 2.75) is 13.5 Å². The fourth-order valence-corrected chi connectivity index (χ4v) is 2.06. The molecule has 0 fully saturated rings. The Morgan fingerprint density at radius 1 is 1.50 bits per heavy atom. The largest absolute Gasteiger partial charge is 0.508 e. The Morgan fingerprint density at radius 2 is 2.31 bits per heavy atom. The summed E-state index contributed by atoms with van der Waals surface area (Å²) in [6, 6.07) is 5.05. The van der Waals surface area contributed by atoms with Crippen LogP contribution in [0, 0.1) is 6.92 Å². The predicted molar refractivity (Wildman–Crippen MR) is 65.1 cm³/mol. The van der Waals surface area contributed by atoms with Crippen LogP contribution < -0.4 is 5.32 Å². The lowest BCUT2D eigenvalue weighted by Gasteiger charge is -2.06. The number of nitrogens with zero attached hydrogens (tertiary/aromatic N) is 2. The number of hydrogen-bond acceptors (Lipinski definition) is 5. The highest BCUT2D eigenvalue weighted by atomic mass is 35.5. The van der Waals surface area contributed by atoms with Gasteiger partial charge in [0.1, 0.15) is 11.6 Å². The van der Waals surface area contributed by atoms with E-state index in [4.69, 9.17) is 11.6 Å². The number of rotatable bonds is 3. The van der Waals surface area contributed by atoms with Crippen molar-refractivity contribution in [1.29, 1.82) is 0 Å². The lowest BCUT2D eigenvalue weighted by Crippen LogP contribution is -2.00. The van der Waals surface area contributed by atoms with Crippen LogP contribution in [0.4, 0.5) is 5.13 Å². The van der Waals surface area contributed by atoms with Crippen LogP contribution in [0.2, 0.25) is 5.02 Å². The number of aromatic nitrogens is 2. The molecule has 2 aromatic rings. The first-order valence-corrected chi connectivity index (χ1v) is 5.82. The van der Waals surface area contributed by atoms with Crippen molar-refractivity contribution in [3.8, 4) is 5.75 Å². The molecule has 0 aliphatic heterocycles. The molecule has 2 N–H and O–H groups in total. The number of benzene rings is 1. The van der Waals surface area contributed by atoms with Gasteiger partial charge in [-0.15, -0.1) is 0 Å². The summed E-state index contributed by atoms with van der Waals surface area (Å²) in [5.41, 5.74) is 0.664. The van der Waals surface area contributed by atoms with Gasteiger partial charge in [-0.25, -0.2) is 4.98 Å². The Morgan fingerprint density at radius 3 is 2.94 bits per heavy atom. The third-order valence-electron chi connectivity index (χ3n) is 2.04. The van der Waals surface area contributed by atoms with Crippen LogP contribution in [0.5, 0.6) is 5.75 Å². The van der Waals surface area contributed by atoms with E-state index in [1.54, 1.807) is 18.2 Å². The number of nitrogens with one attached hydrogen (secondary N) is 1. The number of hydrogen-bond donors (Lipinski definition) is 2. The lowest BCUT2D eigenvalue weighted by atomic mass is 10.2. The van der Waals surface area contributed by atoms with Gasteiger partial charge in [0.2, 0.25) is 5.13 Å². The second kappa shape index (κ2) is 4.67. The molecule has 4 nitrogen and oxygen atoms in total. The van der Waals surface area contributed by atoms with Crippen LogP contribution in [-0.4, -0.2) is 14.5 Å². The zero-order valence-corrected chi connectivity index (χ0v) is 10.1. The van der Waals surface area contributed by atoms with Crippen molar-refractivity contribution < 1.29 is 5.11 Å². The zero-order valence-electron chi connectivity index (χ0n) is 8.57. The van der Waals surface area contributed by atoms with Gasteiger partial charge in [-0.05, 0) is 19.1 Å². The molecule has 2 rings (SSSR count). The minimum Gasteiger partial charge on any atom is -0.508 e. The first-order chi connectivity index (χ1) is 7.66. The van der Waals surface area contributed by atoms with E-state index in [-0.39, 0.29) is 5.75 Å². The molecule has 84 valence electrons. The monoisotopic (exact) mass is 255 g/mol. The zero-order chi connectivity index (χ0) is 11.5. The summed E-state index contributed by atoms with van der Waals surface area (Å²) < 4.78 is 4.05. The van der Waals surface area contributed by atoms with Gasteiger partial charge in [0.25, 0.3) is 0 Å². The molecular formula is C10H10ClN3OS. The molecule has 0 saturated heterocycles. The number of phenolic OH excluding ortho intramolecular Hbond substituents is 1. The highest BCUT2D eigenvalue weighted by Gasteiger charge is 2.06. The molecular weight excluding hydrogens is 246 g/mol. The van der Waals surface area contributed by atoms with Gasteiger partial charge in [0.05, 0.1) is 0 Å². The minimum absolute atomic E-state index is 0.182. The van der Waals surface area contributed by atoms with E-state index in [2.05, 4.69) is 14.7 Å². The number of phenols is 1. The molecule has 1 aromatic carbocycles. The average Bonchev–Trinajstić information content (AvgIpc) is 2.63. The summed E-state index contributed by atoms with van der Waals surface area (Å²) in [5, 5.41) is 13.9. The number of aryl methyl sites for hydroxylation is 1. The van der Waals surface area contributed by atoms with Crippen molar-refractivity contribution in [3.05, 3.63) is 34.6 Å². The molecule has 0 unspecified atom stereocenters. The quantitative estimate of drug-likeness (QED) is 0.886. The van der Waals surface area contributed by atoms with E-state index in [0.717, 1.165) is 11.0 Å². The SMILES string of the molecule is Cc1nsc(NCc2c(O)cccc2Cl)n1. The van der Waals surface area contributed by atoms with Gasteiger partial charge >= 0.3 is 0 Å². The molecule has 0 aliphatic rings. The van der Waals surface area contributed by atoms with E-state index in [0.29, 0.717) is 17.1 Å². The first kappa shape index (κ1) is 11.2. The Labute approximate surface area is 102 Å². The van der Waals surface area contributed by atoms with Crippen molar-refractivity contribution >= 4 is 28.3 Å². The highest BCUT2D eigenvalue weighted by Crippen LogP contribution is 2.26. The normalized spacial score (nSPS) is 10.4. The van der Waals surface area contributed by atoms with Gasteiger partial charge in [0, 0.05) is 28.7 Å². The topological polar surface area (TPSA) is 58.0 Å². The predicted octanol–water partition coefficient (Wildman–Crippen LogP) is 2.82. The Kier molecular flexibility index (Phi) is 3.26. The Balaban J connectivity index is 2.10. The molecule has 16 heavy (non-hydrogen) atoms. The van der Waals surface area contributed by atoms with Gasteiger partial charge in [-0.3, -0.25) is 0 Å². The molecule has 0 spiro atoms. The molecule has 0 atom stereocenters. The highest BCUT2D eigenvalue weighted by molar-refractivity contribution is 7.09. The third-order valence-corrected chi connectivity index (χ3v) is 3.16. The van der Waals surface area contributed by atoms with E-state index in [9.17, 15) is 5.11 Å². The van der Waals surface area contributed by atoms with Crippen LogP contribution in [0.1, 0.15) is 11.4 Å². The van der Waals surface area contributed by atoms with Crippen molar-refractivity contribution in [1.82, 2.24) is 9.36 Å². The molecule has 0 saturated carbocycles. The standard InChI is InChI=1S/C10H10ClN3OS/c1-6-13-10(16-14-6)12-5-7-8(11)3-2-4-9(7)15/h2-4,15H,5H2,1H3,(H,12,13,14). The van der Waals surface area contributed by atoms with Crippen molar-refractivity contribution in [3.63, 3.8) is 0 Å². The maximum absolute atomic E-state index is 9.62. The molecule has 0 amide bonds. The van der Waals surface area contributed by atoms with Crippen molar-refractivity contribution in [2.24, 2.45) is 0 Å². The summed E-state index contributed by atoms with van der Waals surface area (Å²) in [4.78, 5) is 4.16. The molecule has 1 aromatic heterocycles. The molecule has 0 aliphatic carbocycles. The van der Waals surface area contributed by atoms with Crippen LogP contribution in [0.15, 0.2) is 18.2 Å². The lowest BCUT2D eigenvalue weighted by molar-refractivity contribution is 0.469. The minimum atomic E-state index is 0.182. The Bertz CT molecular complexity index is 480.